The number of anilines is 1. The van der Waals surface area contributed by atoms with Gasteiger partial charge >= 0.3 is 0 Å². The smallest absolute Gasteiger partial charge is 0.230 e. The van der Waals surface area contributed by atoms with Gasteiger partial charge in [-0.3, -0.25) is 9.59 Å². The van der Waals surface area contributed by atoms with Gasteiger partial charge in [0, 0.05) is 16.3 Å². The van der Waals surface area contributed by atoms with E-state index >= 15 is 0 Å². The topological polar surface area (TPSA) is 98.2 Å². The molecule has 2 amide bonds. The molecule has 2 aromatic heterocycles. The standard InChI is InChI=1S/C19H21N3O3S/c1-10(2)14-7-15-12(8-25-16(15)4-11(14)3)5-18(24)22-19-21-13(9-26-19)6-17(20)23/h4,7-10H,5-6H2,1-3H3,(H2,20,23)(H,21,22,24). The number of primary amides is 1. The Hall–Kier alpha value is -2.67. The number of thiazole rings is 1. The lowest BCUT2D eigenvalue weighted by Gasteiger charge is -2.09. The van der Waals surface area contributed by atoms with Gasteiger partial charge in [0.15, 0.2) is 5.13 Å². The molecule has 136 valence electrons. The lowest BCUT2D eigenvalue weighted by Crippen LogP contribution is -2.15. The van der Waals surface area contributed by atoms with Crippen molar-refractivity contribution in [2.45, 2.75) is 39.5 Å². The van der Waals surface area contributed by atoms with E-state index in [1.54, 1.807) is 11.6 Å². The van der Waals surface area contributed by atoms with Gasteiger partial charge in [0.25, 0.3) is 0 Å². The molecule has 0 aliphatic rings. The summed E-state index contributed by atoms with van der Waals surface area (Å²) in [5.41, 5.74) is 9.76. The Morgan fingerprint density at radius 2 is 2.08 bits per heavy atom. The Morgan fingerprint density at radius 3 is 2.77 bits per heavy atom. The quantitative estimate of drug-likeness (QED) is 0.692. The third kappa shape index (κ3) is 3.94. The number of amides is 2. The number of nitrogens with zero attached hydrogens (tertiary/aromatic N) is 1. The van der Waals surface area contributed by atoms with E-state index in [9.17, 15) is 9.59 Å². The summed E-state index contributed by atoms with van der Waals surface area (Å²) < 4.78 is 5.62. The average Bonchev–Trinajstić information content (AvgIpc) is 3.12. The molecular weight excluding hydrogens is 350 g/mol. The van der Waals surface area contributed by atoms with Crippen LogP contribution in [0.1, 0.15) is 42.1 Å². The molecular formula is C19H21N3O3S. The van der Waals surface area contributed by atoms with Gasteiger partial charge in [-0.25, -0.2) is 4.98 Å². The normalized spacial score (nSPS) is 11.2. The Labute approximate surface area is 155 Å². The fourth-order valence-electron chi connectivity index (χ4n) is 2.96. The SMILES string of the molecule is Cc1cc2occ(CC(=O)Nc3nc(CC(N)=O)cs3)c2cc1C(C)C. The van der Waals surface area contributed by atoms with E-state index in [4.69, 9.17) is 10.2 Å². The zero-order valence-electron chi connectivity index (χ0n) is 15.0. The molecule has 6 nitrogen and oxygen atoms in total. The Kier molecular flexibility index (Phi) is 5.08. The minimum atomic E-state index is -0.450. The predicted molar refractivity (Wildman–Crippen MR) is 102 cm³/mol. The fraction of sp³-hybridized carbons (Fsp3) is 0.316. The molecule has 26 heavy (non-hydrogen) atoms. The summed E-state index contributed by atoms with van der Waals surface area (Å²) in [7, 11) is 0. The molecule has 0 atom stereocenters. The van der Waals surface area contributed by atoms with E-state index in [-0.39, 0.29) is 18.7 Å². The highest BCUT2D eigenvalue weighted by Gasteiger charge is 2.15. The maximum Gasteiger partial charge on any atom is 0.230 e. The third-order valence-electron chi connectivity index (χ3n) is 4.17. The second kappa shape index (κ2) is 7.29. The number of aromatic nitrogens is 1. The number of nitrogens with one attached hydrogen (secondary N) is 1. The van der Waals surface area contributed by atoms with Crippen LogP contribution in [0, 0.1) is 6.92 Å². The number of carbonyl (C=O) groups is 2. The van der Waals surface area contributed by atoms with Crippen LogP contribution in [0.15, 0.2) is 28.2 Å². The van der Waals surface area contributed by atoms with Gasteiger partial charge in [0.2, 0.25) is 11.8 Å². The molecule has 0 spiro atoms. The van der Waals surface area contributed by atoms with Crippen molar-refractivity contribution in [3.8, 4) is 0 Å². The molecule has 0 saturated carbocycles. The van der Waals surface area contributed by atoms with Crippen molar-refractivity contribution < 1.29 is 14.0 Å². The monoisotopic (exact) mass is 371 g/mol. The molecule has 0 unspecified atom stereocenters. The first-order valence-electron chi connectivity index (χ1n) is 8.36. The van der Waals surface area contributed by atoms with Crippen molar-refractivity contribution in [3.63, 3.8) is 0 Å². The summed E-state index contributed by atoms with van der Waals surface area (Å²) >= 11 is 1.27. The first-order chi connectivity index (χ1) is 12.3. The van der Waals surface area contributed by atoms with E-state index in [1.807, 2.05) is 6.07 Å². The van der Waals surface area contributed by atoms with Crippen molar-refractivity contribution in [3.05, 3.63) is 46.2 Å². The molecule has 0 radical (unpaired) electrons. The molecule has 0 saturated heterocycles. The second-order valence-electron chi connectivity index (χ2n) is 6.63. The van der Waals surface area contributed by atoms with Gasteiger partial charge in [-0.2, -0.15) is 0 Å². The average molecular weight is 371 g/mol. The largest absolute Gasteiger partial charge is 0.464 e. The summed E-state index contributed by atoms with van der Waals surface area (Å²) in [6.07, 6.45) is 1.89. The molecule has 0 fully saturated rings. The number of fused-ring (bicyclic) bond motifs is 1. The van der Waals surface area contributed by atoms with Crippen molar-refractivity contribution in [1.29, 1.82) is 0 Å². The number of hydrogen-bond donors (Lipinski definition) is 2. The maximum absolute atomic E-state index is 12.4. The number of benzene rings is 1. The molecule has 0 aliphatic heterocycles. The summed E-state index contributed by atoms with van der Waals surface area (Å²) in [6, 6.07) is 4.12. The van der Waals surface area contributed by atoms with Crippen LogP contribution in [0.3, 0.4) is 0 Å². The molecule has 2 heterocycles. The van der Waals surface area contributed by atoms with Gasteiger partial charge in [0.05, 0.1) is 24.8 Å². The van der Waals surface area contributed by atoms with Crippen LogP contribution in [0.2, 0.25) is 0 Å². The van der Waals surface area contributed by atoms with Crippen molar-refractivity contribution in [2.75, 3.05) is 5.32 Å². The second-order valence-corrected chi connectivity index (χ2v) is 7.49. The Bertz CT molecular complexity index is 972. The van der Waals surface area contributed by atoms with E-state index in [2.05, 4.69) is 37.1 Å². The van der Waals surface area contributed by atoms with E-state index in [0.29, 0.717) is 16.7 Å². The zero-order valence-corrected chi connectivity index (χ0v) is 15.8. The Balaban J connectivity index is 1.76. The van der Waals surface area contributed by atoms with Crippen LogP contribution in [-0.2, 0) is 22.4 Å². The number of rotatable bonds is 6. The van der Waals surface area contributed by atoms with Crippen LogP contribution in [0.25, 0.3) is 11.0 Å². The third-order valence-corrected chi connectivity index (χ3v) is 4.98. The van der Waals surface area contributed by atoms with E-state index < -0.39 is 5.91 Å². The minimum Gasteiger partial charge on any atom is -0.464 e. The van der Waals surface area contributed by atoms with E-state index in [1.165, 1.54) is 22.5 Å². The summed E-state index contributed by atoms with van der Waals surface area (Å²) in [4.78, 5) is 27.5. The number of nitrogens with two attached hydrogens (primary N) is 1. The minimum absolute atomic E-state index is 0.0655. The lowest BCUT2D eigenvalue weighted by atomic mass is 9.95. The first-order valence-corrected chi connectivity index (χ1v) is 9.24. The summed E-state index contributed by atoms with van der Waals surface area (Å²) in [5, 5.41) is 5.89. The van der Waals surface area contributed by atoms with Crippen LogP contribution >= 0.6 is 11.3 Å². The molecule has 1 aromatic carbocycles. The lowest BCUT2D eigenvalue weighted by molar-refractivity contribution is -0.117. The predicted octanol–water partition coefficient (Wildman–Crippen LogP) is 3.53. The van der Waals surface area contributed by atoms with Crippen LogP contribution < -0.4 is 11.1 Å². The molecule has 3 N–H and O–H groups in total. The highest BCUT2D eigenvalue weighted by atomic mass is 32.1. The van der Waals surface area contributed by atoms with Gasteiger partial charge in [0.1, 0.15) is 5.58 Å². The van der Waals surface area contributed by atoms with Crippen LogP contribution in [0.4, 0.5) is 5.13 Å². The molecule has 3 aromatic rings. The fourth-order valence-corrected chi connectivity index (χ4v) is 3.69. The van der Waals surface area contributed by atoms with Gasteiger partial charge in [-0.1, -0.05) is 13.8 Å². The molecule has 7 heteroatoms. The van der Waals surface area contributed by atoms with Gasteiger partial charge in [-0.05, 0) is 36.1 Å². The first kappa shape index (κ1) is 18.1. The number of furan rings is 1. The van der Waals surface area contributed by atoms with Crippen molar-refractivity contribution in [2.24, 2.45) is 5.73 Å². The summed E-state index contributed by atoms with van der Waals surface area (Å²) in [5.74, 6) is -0.233. The van der Waals surface area contributed by atoms with E-state index in [0.717, 1.165) is 16.5 Å². The summed E-state index contributed by atoms with van der Waals surface area (Å²) in [6.45, 7) is 6.36. The molecule has 0 bridgehead atoms. The highest BCUT2D eigenvalue weighted by molar-refractivity contribution is 7.13. The maximum atomic E-state index is 12.4. The molecule has 0 aliphatic carbocycles. The van der Waals surface area contributed by atoms with Crippen molar-refractivity contribution in [1.82, 2.24) is 4.98 Å². The Morgan fingerprint density at radius 1 is 1.31 bits per heavy atom. The highest BCUT2D eigenvalue weighted by Crippen LogP contribution is 2.29. The van der Waals surface area contributed by atoms with Crippen LogP contribution in [-0.4, -0.2) is 16.8 Å². The van der Waals surface area contributed by atoms with Gasteiger partial charge < -0.3 is 15.5 Å². The van der Waals surface area contributed by atoms with Gasteiger partial charge in [-0.15, -0.1) is 11.3 Å². The van der Waals surface area contributed by atoms with Crippen molar-refractivity contribution >= 4 is 39.3 Å². The molecule has 3 rings (SSSR count). The number of aryl methyl sites for hydroxylation is 1. The zero-order chi connectivity index (χ0) is 18.8. The van der Waals surface area contributed by atoms with Crippen LogP contribution in [0.5, 0.6) is 0 Å². The number of carbonyl (C=O) groups excluding carboxylic acids is 2. The number of hydrogen-bond acceptors (Lipinski definition) is 5.